The third kappa shape index (κ3) is 2.86. The summed E-state index contributed by atoms with van der Waals surface area (Å²) < 4.78 is 0. The zero-order valence-corrected chi connectivity index (χ0v) is 11.4. The molecule has 2 nitrogen and oxygen atoms in total. The SMILES string of the molecule is CC(=O)c1cccc(N)c1Sc1ccc(Cl)cc1. The van der Waals surface area contributed by atoms with Gasteiger partial charge in [0, 0.05) is 26.1 Å². The zero-order chi connectivity index (χ0) is 13.1. The van der Waals surface area contributed by atoms with E-state index in [4.69, 9.17) is 17.3 Å². The summed E-state index contributed by atoms with van der Waals surface area (Å²) >= 11 is 7.31. The Labute approximate surface area is 115 Å². The Morgan fingerprint density at radius 3 is 2.44 bits per heavy atom. The quantitative estimate of drug-likeness (QED) is 0.673. The first kappa shape index (κ1) is 13.0. The van der Waals surface area contributed by atoms with Crippen molar-refractivity contribution >= 4 is 34.8 Å². The number of benzene rings is 2. The fourth-order valence-corrected chi connectivity index (χ4v) is 2.71. The van der Waals surface area contributed by atoms with Gasteiger partial charge in [-0.1, -0.05) is 35.5 Å². The lowest BCUT2D eigenvalue weighted by atomic mass is 10.1. The average molecular weight is 278 g/mol. The Morgan fingerprint density at radius 1 is 1.17 bits per heavy atom. The van der Waals surface area contributed by atoms with E-state index in [2.05, 4.69) is 0 Å². The molecule has 0 spiro atoms. The number of Topliss-reactive ketones (excluding diaryl/α,β-unsaturated/α-hetero) is 1. The minimum absolute atomic E-state index is 0.0127. The lowest BCUT2D eigenvalue weighted by molar-refractivity contribution is 0.101. The molecule has 0 aliphatic rings. The molecule has 0 bridgehead atoms. The molecule has 0 aromatic heterocycles. The summed E-state index contributed by atoms with van der Waals surface area (Å²) in [4.78, 5) is 13.4. The predicted molar refractivity (Wildman–Crippen MR) is 76.4 cm³/mol. The molecular formula is C14H12ClNOS. The van der Waals surface area contributed by atoms with Crippen molar-refractivity contribution in [3.63, 3.8) is 0 Å². The van der Waals surface area contributed by atoms with Gasteiger partial charge in [0.15, 0.2) is 5.78 Å². The van der Waals surface area contributed by atoms with Crippen LogP contribution < -0.4 is 5.73 Å². The summed E-state index contributed by atoms with van der Waals surface area (Å²) in [6.45, 7) is 1.54. The molecule has 2 aromatic carbocycles. The Balaban J connectivity index is 2.39. The van der Waals surface area contributed by atoms with E-state index in [-0.39, 0.29) is 5.78 Å². The topological polar surface area (TPSA) is 43.1 Å². The smallest absolute Gasteiger partial charge is 0.161 e. The highest BCUT2D eigenvalue weighted by Crippen LogP contribution is 2.35. The van der Waals surface area contributed by atoms with Gasteiger partial charge in [0.2, 0.25) is 0 Å². The van der Waals surface area contributed by atoms with Crippen molar-refractivity contribution in [3.8, 4) is 0 Å². The lowest BCUT2D eigenvalue weighted by Gasteiger charge is -2.09. The van der Waals surface area contributed by atoms with Crippen LogP contribution in [-0.2, 0) is 0 Å². The maximum absolute atomic E-state index is 11.6. The molecule has 0 aliphatic heterocycles. The van der Waals surface area contributed by atoms with E-state index >= 15 is 0 Å². The molecule has 2 N–H and O–H groups in total. The monoisotopic (exact) mass is 277 g/mol. The molecule has 0 aliphatic carbocycles. The standard InChI is InChI=1S/C14H12ClNOS/c1-9(17)12-3-2-4-13(16)14(12)18-11-7-5-10(15)6-8-11/h2-8H,16H2,1H3. The van der Waals surface area contributed by atoms with Crippen molar-refractivity contribution in [2.75, 3.05) is 5.73 Å². The molecule has 2 rings (SSSR count). The Bertz CT molecular complexity index is 581. The normalized spacial score (nSPS) is 10.3. The van der Waals surface area contributed by atoms with Crippen molar-refractivity contribution in [1.29, 1.82) is 0 Å². The number of hydrogen-bond acceptors (Lipinski definition) is 3. The van der Waals surface area contributed by atoms with Crippen LogP contribution in [0.1, 0.15) is 17.3 Å². The van der Waals surface area contributed by atoms with Crippen LogP contribution in [0.4, 0.5) is 5.69 Å². The van der Waals surface area contributed by atoms with Gasteiger partial charge in [-0.05, 0) is 37.3 Å². The van der Waals surface area contributed by atoms with Gasteiger partial charge in [0.1, 0.15) is 0 Å². The zero-order valence-electron chi connectivity index (χ0n) is 9.81. The van der Waals surface area contributed by atoms with Crippen molar-refractivity contribution in [1.82, 2.24) is 0 Å². The van der Waals surface area contributed by atoms with Gasteiger partial charge in [0.25, 0.3) is 0 Å². The highest BCUT2D eigenvalue weighted by atomic mass is 35.5. The highest BCUT2D eigenvalue weighted by Gasteiger charge is 2.11. The largest absolute Gasteiger partial charge is 0.398 e. The number of anilines is 1. The number of carbonyl (C=O) groups is 1. The second-order valence-electron chi connectivity index (χ2n) is 3.84. The van der Waals surface area contributed by atoms with E-state index in [0.29, 0.717) is 16.3 Å². The Hall–Kier alpha value is -1.45. The van der Waals surface area contributed by atoms with Gasteiger partial charge >= 0.3 is 0 Å². The molecule has 0 radical (unpaired) electrons. The van der Waals surface area contributed by atoms with Crippen LogP contribution in [0.15, 0.2) is 52.3 Å². The second kappa shape index (κ2) is 5.46. The first-order valence-electron chi connectivity index (χ1n) is 5.41. The molecule has 0 saturated carbocycles. The predicted octanol–water partition coefficient (Wildman–Crippen LogP) is 4.28. The van der Waals surface area contributed by atoms with Crippen molar-refractivity contribution in [2.24, 2.45) is 0 Å². The lowest BCUT2D eigenvalue weighted by Crippen LogP contribution is -1.99. The number of nitrogens with two attached hydrogens (primary N) is 1. The molecular weight excluding hydrogens is 266 g/mol. The van der Waals surface area contributed by atoms with E-state index in [1.54, 1.807) is 25.1 Å². The van der Waals surface area contributed by atoms with Crippen LogP contribution in [0, 0.1) is 0 Å². The van der Waals surface area contributed by atoms with Crippen molar-refractivity contribution in [2.45, 2.75) is 16.7 Å². The Morgan fingerprint density at radius 2 is 1.83 bits per heavy atom. The third-order valence-electron chi connectivity index (χ3n) is 2.46. The molecule has 0 unspecified atom stereocenters. The Kier molecular flexibility index (Phi) is 3.94. The molecule has 2 aromatic rings. The maximum atomic E-state index is 11.6. The molecule has 0 fully saturated rings. The van der Waals surface area contributed by atoms with Crippen LogP contribution in [0.5, 0.6) is 0 Å². The van der Waals surface area contributed by atoms with Crippen LogP contribution in [0.25, 0.3) is 0 Å². The van der Waals surface area contributed by atoms with Crippen LogP contribution in [0.3, 0.4) is 0 Å². The average Bonchev–Trinajstić information content (AvgIpc) is 2.34. The fraction of sp³-hybridized carbons (Fsp3) is 0.0714. The molecule has 0 atom stereocenters. The van der Waals surface area contributed by atoms with Gasteiger partial charge in [0.05, 0.1) is 0 Å². The molecule has 0 heterocycles. The van der Waals surface area contributed by atoms with Gasteiger partial charge in [-0.15, -0.1) is 0 Å². The van der Waals surface area contributed by atoms with Gasteiger partial charge in [-0.3, -0.25) is 4.79 Å². The minimum Gasteiger partial charge on any atom is -0.398 e. The molecule has 0 saturated heterocycles. The summed E-state index contributed by atoms with van der Waals surface area (Å²) in [6, 6.07) is 12.8. The molecule has 4 heteroatoms. The van der Waals surface area contributed by atoms with Crippen LogP contribution >= 0.6 is 23.4 Å². The second-order valence-corrected chi connectivity index (χ2v) is 5.36. The number of carbonyl (C=O) groups excluding carboxylic acids is 1. The summed E-state index contributed by atoms with van der Waals surface area (Å²) in [5.74, 6) is 0.0127. The number of nitrogen functional groups attached to an aromatic ring is 1. The number of halogens is 1. The summed E-state index contributed by atoms with van der Waals surface area (Å²) in [5, 5.41) is 0.687. The van der Waals surface area contributed by atoms with Crippen molar-refractivity contribution < 1.29 is 4.79 Å². The van der Waals surface area contributed by atoms with E-state index in [1.165, 1.54) is 11.8 Å². The van der Waals surface area contributed by atoms with Crippen molar-refractivity contribution in [3.05, 3.63) is 53.1 Å². The highest BCUT2D eigenvalue weighted by molar-refractivity contribution is 7.99. The van der Waals surface area contributed by atoms with Crippen LogP contribution in [0.2, 0.25) is 5.02 Å². The number of rotatable bonds is 3. The van der Waals surface area contributed by atoms with Gasteiger partial charge in [-0.25, -0.2) is 0 Å². The fourth-order valence-electron chi connectivity index (χ4n) is 1.57. The number of ketones is 1. The molecule has 0 amide bonds. The van der Waals surface area contributed by atoms with E-state index < -0.39 is 0 Å². The van der Waals surface area contributed by atoms with Gasteiger partial charge in [-0.2, -0.15) is 0 Å². The summed E-state index contributed by atoms with van der Waals surface area (Å²) in [7, 11) is 0. The first-order chi connectivity index (χ1) is 8.58. The summed E-state index contributed by atoms with van der Waals surface area (Å²) in [5.41, 5.74) is 7.20. The third-order valence-corrected chi connectivity index (χ3v) is 3.88. The number of hydrogen-bond donors (Lipinski definition) is 1. The minimum atomic E-state index is 0.0127. The first-order valence-corrected chi connectivity index (χ1v) is 6.60. The van der Waals surface area contributed by atoms with E-state index in [0.717, 1.165) is 9.79 Å². The maximum Gasteiger partial charge on any atom is 0.161 e. The van der Waals surface area contributed by atoms with E-state index in [9.17, 15) is 4.79 Å². The summed E-state index contributed by atoms with van der Waals surface area (Å²) in [6.07, 6.45) is 0. The molecule has 92 valence electrons. The van der Waals surface area contributed by atoms with Crippen LogP contribution in [-0.4, -0.2) is 5.78 Å². The molecule has 18 heavy (non-hydrogen) atoms. The van der Waals surface area contributed by atoms with E-state index in [1.807, 2.05) is 24.3 Å². The van der Waals surface area contributed by atoms with Gasteiger partial charge < -0.3 is 5.73 Å².